The van der Waals surface area contributed by atoms with Crippen molar-refractivity contribution in [1.82, 2.24) is 4.98 Å². The number of benzene rings is 2. The molecule has 2 aromatic carbocycles. The lowest BCUT2D eigenvalue weighted by molar-refractivity contribution is 0.625. The lowest BCUT2D eigenvalue weighted by Crippen LogP contribution is -1.97. The highest BCUT2D eigenvalue weighted by atomic mass is 79.9. The quantitative estimate of drug-likeness (QED) is 0.537. The van der Waals surface area contributed by atoms with Crippen LogP contribution in [0.1, 0.15) is 15.9 Å². The van der Waals surface area contributed by atoms with Gasteiger partial charge < -0.3 is 0 Å². The van der Waals surface area contributed by atoms with E-state index < -0.39 is 0 Å². The summed E-state index contributed by atoms with van der Waals surface area (Å²) in [5.74, 6) is -0.274. The number of hydrogen-bond acceptors (Lipinski definition) is 2. The Bertz CT molecular complexity index is 725. The summed E-state index contributed by atoms with van der Waals surface area (Å²) < 4.78 is 14.9. The summed E-state index contributed by atoms with van der Waals surface area (Å²) >= 11 is 11.4. The summed E-state index contributed by atoms with van der Waals surface area (Å²) in [5.41, 5.74) is 1.88. The minimum absolute atomic E-state index is 0.231. The second-order valence-corrected chi connectivity index (χ2v) is 6.91. The Morgan fingerprint density at radius 2 is 2.05 bits per heavy atom. The van der Waals surface area contributed by atoms with Gasteiger partial charge in [0.1, 0.15) is 5.82 Å². The van der Waals surface area contributed by atoms with Gasteiger partial charge in [0.2, 0.25) is 0 Å². The van der Waals surface area contributed by atoms with E-state index in [2.05, 4.69) is 20.9 Å². The van der Waals surface area contributed by atoms with Gasteiger partial charge in [-0.25, -0.2) is 9.37 Å². The summed E-state index contributed by atoms with van der Waals surface area (Å²) in [6.45, 7) is 0. The molecule has 0 N–H and O–H groups in total. The topological polar surface area (TPSA) is 12.9 Å². The van der Waals surface area contributed by atoms with Gasteiger partial charge >= 0.3 is 0 Å². The van der Waals surface area contributed by atoms with Crippen molar-refractivity contribution in [3.05, 3.63) is 63.3 Å². The zero-order valence-electron chi connectivity index (χ0n) is 10.3. The molecule has 0 radical (unpaired) electrons. The van der Waals surface area contributed by atoms with Crippen molar-refractivity contribution >= 4 is 49.1 Å². The highest BCUT2D eigenvalue weighted by molar-refractivity contribution is 9.10. The smallest absolute Gasteiger partial charge is 0.124 e. The largest absolute Gasteiger partial charge is 0.241 e. The molecule has 0 amide bonds. The number of rotatable bonds is 3. The molecule has 0 aliphatic heterocycles. The fourth-order valence-corrected chi connectivity index (χ4v) is 4.23. The maximum atomic E-state index is 13.1. The fraction of sp³-hybridized carbons (Fsp3) is 0.133. The van der Waals surface area contributed by atoms with Crippen molar-refractivity contribution in [2.24, 2.45) is 0 Å². The highest BCUT2D eigenvalue weighted by Crippen LogP contribution is 2.33. The second kappa shape index (κ2) is 5.80. The van der Waals surface area contributed by atoms with Crippen LogP contribution >= 0.6 is 38.9 Å². The van der Waals surface area contributed by atoms with Crippen molar-refractivity contribution in [2.75, 3.05) is 0 Å². The number of fused-ring (bicyclic) bond motifs is 1. The first kappa shape index (κ1) is 14.0. The van der Waals surface area contributed by atoms with Crippen LogP contribution in [0.4, 0.5) is 4.39 Å². The average molecular weight is 371 g/mol. The van der Waals surface area contributed by atoms with Crippen molar-refractivity contribution in [3.8, 4) is 0 Å². The number of aromatic nitrogens is 1. The van der Waals surface area contributed by atoms with E-state index in [9.17, 15) is 4.39 Å². The van der Waals surface area contributed by atoms with Gasteiger partial charge in [0.05, 0.1) is 20.6 Å². The third kappa shape index (κ3) is 2.87. The Labute approximate surface area is 133 Å². The Balaban J connectivity index is 1.86. The van der Waals surface area contributed by atoms with Crippen molar-refractivity contribution < 1.29 is 4.39 Å². The summed E-state index contributed by atoms with van der Waals surface area (Å²) in [4.78, 5) is 4.57. The Morgan fingerprint density at radius 3 is 2.80 bits per heavy atom. The number of alkyl halides is 1. The van der Waals surface area contributed by atoms with Gasteiger partial charge in [0.15, 0.2) is 0 Å². The molecule has 1 heterocycles. The Hall–Kier alpha value is -0.970. The average Bonchev–Trinajstić information content (AvgIpc) is 2.80. The van der Waals surface area contributed by atoms with E-state index in [0.29, 0.717) is 10.9 Å². The van der Waals surface area contributed by atoms with Gasteiger partial charge in [-0.3, -0.25) is 0 Å². The standard InChI is InChI=1S/C15H10BrClFNS/c16-11-7-9(18)5-6-10(11)12(17)8-15-19-13-3-1-2-4-14(13)20-15/h1-7,12H,8H2. The summed E-state index contributed by atoms with van der Waals surface area (Å²) in [6, 6.07) is 12.6. The Kier molecular flexibility index (Phi) is 4.06. The van der Waals surface area contributed by atoms with Crippen LogP contribution in [0.5, 0.6) is 0 Å². The van der Waals surface area contributed by atoms with Gasteiger partial charge in [-0.05, 0) is 29.8 Å². The molecule has 1 unspecified atom stereocenters. The van der Waals surface area contributed by atoms with Gasteiger partial charge in [-0.1, -0.05) is 34.1 Å². The van der Waals surface area contributed by atoms with Crippen LogP contribution in [0, 0.1) is 5.82 Å². The van der Waals surface area contributed by atoms with Crippen molar-refractivity contribution in [3.63, 3.8) is 0 Å². The first-order chi connectivity index (χ1) is 9.63. The van der Waals surface area contributed by atoms with Crippen molar-refractivity contribution in [2.45, 2.75) is 11.8 Å². The molecular weight excluding hydrogens is 361 g/mol. The van der Waals surface area contributed by atoms with E-state index in [1.165, 1.54) is 12.1 Å². The molecule has 0 saturated heterocycles. The number of nitrogens with zero attached hydrogens (tertiary/aromatic N) is 1. The normalized spacial score (nSPS) is 12.8. The van der Waals surface area contributed by atoms with Gasteiger partial charge in [-0.15, -0.1) is 22.9 Å². The summed E-state index contributed by atoms with van der Waals surface area (Å²) in [7, 11) is 0. The van der Waals surface area contributed by atoms with E-state index >= 15 is 0 Å². The monoisotopic (exact) mass is 369 g/mol. The number of hydrogen-bond donors (Lipinski definition) is 0. The number of thiazole rings is 1. The summed E-state index contributed by atoms with van der Waals surface area (Å²) in [6.07, 6.45) is 0.630. The SMILES string of the molecule is Fc1ccc(C(Cl)Cc2nc3ccccc3s2)c(Br)c1. The second-order valence-electron chi connectivity index (χ2n) is 4.41. The third-order valence-corrected chi connectivity index (χ3v) is 5.13. The van der Waals surface area contributed by atoms with Crippen LogP contribution in [-0.2, 0) is 6.42 Å². The van der Waals surface area contributed by atoms with Gasteiger partial charge in [-0.2, -0.15) is 0 Å². The molecule has 3 rings (SSSR count). The lowest BCUT2D eigenvalue weighted by Gasteiger charge is -2.10. The van der Waals surface area contributed by atoms with E-state index in [4.69, 9.17) is 11.6 Å². The maximum absolute atomic E-state index is 13.1. The molecule has 1 atom stereocenters. The lowest BCUT2D eigenvalue weighted by atomic mass is 10.1. The molecule has 20 heavy (non-hydrogen) atoms. The van der Waals surface area contributed by atoms with Gasteiger partial charge in [0.25, 0.3) is 0 Å². The Morgan fingerprint density at radius 1 is 1.25 bits per heavy atom. The van der Waals surface area contributed by atoms with E-state index in [-0.39, 0.29) is 11.2 Å². The molecule has 0 aliphatic carbocycles. The van der Waals surface area contributed by atoms with Crippen LogP contribution in [0.15, 0.2) is 46.9 Å². The fourth-order valence-electron chi connectivity index (χ4n) is 2.03. The minimum Gasteiger partial charge on any atom is -0.241 e. The minimum atomic E-state index is -0.274. The molecule has 0 spiro atoms. The van der Waals surface area contributed by atoms with Crippen LogP contribution in [0.2, 0.25) is 0 Å². The molecule has 1 aromatic heterocycles. The van der Waals surface area contributed by atoms with Crippen molar-refractivity contribution in [1.29, 1.82) is 0 Å². The van der Waals surface area contributed by atoms with E-state index in [1.807, 2.05) is 24.3 Å². The van der Waals surface area contributed by atoms with Gasteiger partial charge in [0, 0.05) is 10.9 Å². The first-order valence-corrected chi connectivity index (χ1v) is 8.11. The van der Waals surface area contributed by atoms with Crippen LogP contribution in [0.25, 0.3) is 10.2 Å². The molecular formula is C15H10BrClFNS. The predicted octanol–water partition coefficient (Wildman–Crippen LogP) is 5.72. The molecule has 3 aromatic rings. The van der Waals surface area contributed by atoms with E-state index in [1.54, 1.807) is 17.4 Å². The first-order valence-electron chi connectivity index (χ1n) is 6.07. The maximum Gasteiger partial charge on any atom is 0.124 e. The molecule has 5 heteroatoms. The van der Waals surface area contributed by atoms with Crippen LogP contribution < -0.4 is 0 Å². The summed E-state index contributed by atoms with van der Waals surface area (Å²) in [5, 5.41) is 0.757. The third-order valence-electron chi connectivity index (χ3n) is 2.99. The zero-order chi connectivity index (χ0) is 14.1. The van der Waals surface area contributed by atoms with E-state index in [0.717, 1.165) is 20.8 Å². The molecule has 0 bridgehead atoms. The molecule has 0 saturated carbocycles. The zero-order valence-corrected chi connectivity index (χ0v) is 13.5. The molecule has 102 valence electrons. The highest BCUT2D eigenvalue weighted by Gasteiger charge is 2.15. The number of para-hydroxylation sites is 1. The van der Waals surface area contributed by atoms with Crippen LogP contribution in [-0.4, -0.2) is 4.98 Å². The molecule has 1 nitrogen and oxygen atoms in total. The van der Waals surface area contributed by atoms with Crippen LogP contribution in [0.3, 0.4) is 0 Å². The molecule has 0 aliphatic rings. The number of halogens is 3. The predicted molar refractivity (Wildman–Crippen MR) is 86.0 cm³/mol. The molecule has 0 fully saturated rings.